The van der Waals surface area contributed by atoms with Gasteiger partial charge in [0, 0.05) is 0 Å². The summed E-state index contributed by atoms with van der Waals surface area (Å²) in [6, 6.07) is 4.51. The van der Waals surface area contributed by atoms with Gasteiger partial charge in [0.15, 0.2) is 0 Å². The molecule has 0 aliphatic heterocycles. The Balaban J connectivity index is 0.000000917. The summed E-state index contributed by atoms with van der Waals surface area (Å²) >= 11 is 0. The van der Waals surface area contributed by atoms with Crippen molar-refractivity contribution in [3.63, 3.8) is 0 Å². The van der Waals surface area contributed by atoms with Gasteiger partial charge in [0.2, 0.25) is 0 Å². The van der Waals surface area contributed by atoms with Crippen LogP contribution in [0.25, 0.3) is 11.6 Å². The van der Waals surface area contributed by atoms with Crippen LogP contribution in [0.1, 0.15) is 69.7 Å². The van der Waals surface area contributed by atoms with Gasteiger partial charge in [0.25, 0.3) is 0 Å². The molecule has 0 saturated carbocycles. The first-order valence-electron chi connectivity index (χ1n) is 6.61. The average Bonchev–Trinajstić information content (AvgIpc) is 2.72. The Morgan fingerprint density at radius 1 is 1.17 bits per heavy atom. The molecule has 1 aromatic rings. The fraction of sp³-hybridized carbons (Fsp3) is 0.444. The summed E-state index contributed by atoms with van der Waals surface area (Å²) in [4.78, 5) is 0. The Morgan fingerprint density at radius 2 is 1.78 bits per heavy atom. The van der Waals surface area contributed by atoms with Gasteiger partial charge in [-0.05, 0) is 46.6 Å². The van der Waals surface area contributed by atoms with Gasteiger partial charge in [0.1, 0.15) is 0 Å². The van der Waals surface area contributed by atoms with Crippen molar-refractivity contribution >= 4 is 11.6 Å². The molecule has 18 heavy (non-hydrogen) atoms. The molecule has 0 nitrogen and oxygen atoms in total. The summed E-state index contributed by atoms with van der Waals surface area (Å²) < 4.78 is 0. The molecule has 0 amide bonds. The van der Waals surface area contributed by atoms with E-state index >= 15 is 0 Å². The van der Waals surface area contributed by atoms with Crippen LogP contribution in [0.4, 0.5) is 0 Å². The summed E-state index contributed by atoms with van der Waals surface area (Å²) in [5.74, 6) is 0.552. The number of allylic oxidation sites excluding steroid dienone is 1. The summed E-state index contributed by atoms with van der Waals surface area (Å²) in [5.41, 5.74) is 6.80. The first kappa shape index (κ1) is 16.7. The largest absolute Gasteiger partial charge is 0.0984 e. The second kappa shape index (κ2) is 7.20. The van der Waals surface area contributed by atoms with Crippen LogP contribution in [-0.4, -0.2) is 0 Å². The van der Waals surface area contributed by atoms with Crippen LogP contribution < -0.4 is 0 Å². The van der Waals surface area contributed by atoms with Gasteiger partial charge in [-0.15, -0.1) is 0 Å². The standard InChI is InChI=1S/C15H18.C2H6.CH4/c1-5-13-14(10(2)3)9-8-12-7-6-11(4)15(12)13;1-2;/h5,8-10H,1,4,6-7H2,2-3H3;1-2H3;1H4. The van der Waals surface area contributed by atoms with Crippen LogP contribution >= 0.6 is 0 Å². The predicted octanol–water partition coefficient (Wildman–Crippen LogP) is 6.07. The van der Waals surface area contributed by atoms with E-state index < -0.39 is 0 Å². The lowest BCUT2D eigenvalue weighted by atomic mass is 9.90. The van der Waals surface area contributed by atoms with Gasteiger partial charge in [-0.3, -0.25) is 0 Å². The first-order valence-corrected chi connectivity index (χ1v) is 6.61. The Morgan fingerprint density at radius 3 is 2.28 bits per heavy atom. The van der Waals surface area contributed by atoms with Crippen LogP contribution in [0.2, 0.25) is 0 Å². The van der Waals surface area contributed by atoms with E-state index in [0.717, 1.165) is 12.8 Å². The highest BCUT2D eigenvalue weighted by molar-refractivity contribution is 5.80. The number of benzene rings is 1. The number of aryl methyl sites for hydroxylation is 1. The number of fused-ring (bicyclic) bond motifs is 1. The molecule has 0 spiro atoms. The first-order chi connectivity index (χ1) is 8.15. The lowest BCUT2D eigenvalue weighted by Crippen LogP contribution is -1.96. The van der Waals surface area contributed by atoms with Crippen molar-refractivity contribution in [2.45, 2.75) is 53.9 Å². The second-order valence-corrected chi connectivity index (χ2v) is 4.56. The minimum Gasteiger partial charge on any atom is -0.0984 e. The summed E-state index contributed by atoms with van der Waals surface area (Å²) in [6.07, 6.45) is 4.25. The predicted molar refractivity (Wildman–Crippen MR) is 86.1 cm³/mol. The van der Waals surface area contributed by atoms with Crippen molar-refractivity contribution in [1.82, 2.24) is 0 Å². The highest BCUT2D eigenvalue weighted by atomic mass is 14.2. The molecule has 0 heterocycles. The maximum absolute atomic E-state index is 4.16. The average molecular weight is 244 g/mol. The van der Waals surface area contributed by atoms with Gasteiger partial charge in [-0.25, -0.2) is 0 Å². The normalized spacial score (nSPS) is 12.4. The summed E-state index contributed by atoms with van der Waals surface area (Å²) in [7, 11) is 0. The van der Waals surface area contributed by atoms with E-state index in [1.807, 2.05) is 19.9 Å². The molecule has 0 heteroatoms. The lowest BCUT2D eigenvalue weighted by molar-refractivity contribution is 0.862. The molecule has 0 aromatic heterocycles. The third-order valence-electron chi connectivity index (χ3n) is 3.24. The van der Waals surface area contributed by atoms with Crippen molar-refractivity contribution in [1.29, 1.82) is 0 Å². The second-order valence-electron chi connectivity index (χ2n) is 4.56. The van der Waals surface area contributed by atoms with Crippen LogP contribution in [0.5, 0.6) is 0 Å². The summed E-state index contributed by atoms with van der Waals surface area (Å²) in [5, 5.41) is 0. The minimum absolute atomic E-state index is 0. The minimum atomic E-state index is 0. The van der Waals surface area contributed by atoms with E-state index in [4.69, 9.17) is 0 Å². The van der Waals surface area contributed by atoms with E-state index in [9.17, 15) is 0 Å². The molecule has 1 aliphatic carbocycles. The van der Waals surface area contributed by atoms with Crippen molar-refractivity contribution in [2.75, 3.05) is 0 Å². The molecule has 0 fully saturated rings. The fourth-order valence-electron chi connectivity index (χ4n) is 2.44. The SMILES string of the molecule is C.C=Cc1c(C(C)C)ccc2c1C(=C)CC2.CC. The molecule has 0 unspecified atom stereocenters. The topological polar surface area (TPSA) is 0 Å². The van der Waals surface area contributed by atoms with Gasteiger partial charge < -0.3 is 0 Å². The van der Waals surface area contributed by atoms with Crippen molar-refractivity contribution < 1.29 is 0 Å². The Hall–Kier alpha value is -1.30. The molecule has 0 atom stereocenters. The maximum Gasteiger partial charge on any atom is -0.0123 e. The monoisotopic (exact) mass is 244 g/mol. The molecule has 0 N–H and O–H groups in total. The molecule has 2 rings (SSSR count). The quantitative estimate of drug-likeness (QED) is 0.592. The van der Waals surface area contributed by atoms with E-state index in [2.05, 4.69) is 39.1 Å². The lowest BCUT2D eigenvalue weighted by Gasteiger charge is -2.14. The molecular weight excluding hydrogens is 216 g/mol. The molecule has 0 saturated heterocycles. The van der Waals surface area contributed by atoms with Gasteiger partial charge >= 0.3 is 0 Å². The van der Waals surface area contributed by atoms with Crippen LogP contribution in [0, 0.1) is 0 Å². The smallest absolute Gasteiger partial charge is 0.0123 e. The van der Waals surface area contributed by atoms with Gasteiger partial charge in [0.05, 0.1) is 0 Å². The highest BCUT2D eigenvalue weighted by Gasteiger charge is 2.19. The third kappa shape index (κ3) is 2.93. The number of hydrogen-bond acceptors (Lipinski definition) is 0. The van der Waals surface area contributed by atoms with Crippen LogP contribution in [-0.2, 0) is 6.42 Å². The highest BCUT2D eigenvalue weighted by Crippen LogP contribution is 2.37. The molecule has 0 bridgehead atoms. The van der Waals surface area contributed by atoms with E-state index in [-0.39, 0.29) is 7.43 Å². The Kier molecular flexibility index (Phi) is 6.68. The molecule has 1 aromatic carbocycles. The van der Waals surface area contributed by atoms with Gasteiger partial charge in [-0.2, -0.15) is 0 Å². The van der Waals surface area contributed by atoms with Crippen LogP contribution in [0.15, 0.2) is 25.3 Å². The van der Waals surface area contributed by atoms with Crippen LogP contribution in [0.3, 0.4) is 0 Å². The molecule has 0 radical (unpaired) electrons. The zero-order valence-electron chi connectivity index (χ0n) is 11.6. The van der Waals surface area contributed by atoms with Gasteiger partial charge in [-0.1, -0.05) is 66.5 Å². The molecule has 1 aliphatic rings. The van der Waals surface area contributed by atoms with Crippen molar-refractivity contribution in [3.05, 3.63) is 47.5 Å². The maximum atomic E-state index is 4.16. The van der Waals surface area contributed by atoms with Crippen molar-refractivity contribution in [3.8, 4) is 0 Å². The van der Waals surface area contributed by atoms with E-state index in [0.29, 0.717) is 5.92 Å². The number of hydrogen-bond donors (Lipinski definition) is 0. The Bertz CT molecular complexity index is 422. The van der Waals surface area contributed by atoms with Crippen molar-refractivity contribution in [2.24, 2.45) is 0 Å². The zero-order chi connectivity index (χ0) is 13.0. The molecule has 100 valence electrons. The van der Waals surface area contributed by atoms with E-state index in [1.54, 1.807) is 0 Å². The van der Waals surface area contributed by atoms with E-state index in [1.165, 1.54) is 27.8 Å². The third-order valence-corrected chi connectivity index (χ3v) is 3.24. The summed E-state index contributed by atoms with van der Waals surface area (Å²) in [6.45, 7) is 16.6. The Labute approximate surface area is 113 Å². The fourth-order valence-corrected chi connectivity index (χ4v) is 2.44. The zero-order valence-corrected chi connectivity index (χ0v) is 11.6. The number of rotatable bonds is 2. The molecular formula is C18H28.